The van der Waals surface area contributed by atoms with Gasteiger partial charge in [0.05, 0.1) is 19.3 Å². The third-order valence-corrected chi connectivity index (χ3v) is 2.73. The topological polar surface area (TPSA) is 112 Å². The van der Waals surface area contributed by atoms with Crippen molar-refractivity contribution < 1.29 is 9.53 Å². The van der Waals surface area contributed by atoms with Crippen molar-refractivity contribution in [1.82, 2.24) is 19.9 Å². The Balaban J connectivity index is 2.05. The largest absolute Gasteiger partial charge is 0.382 e. The first-order valence-corrected chi connectivity index (χ1v) is 5.37. The molecule has 1 aliphatic rings. The summed E-state index contributed by atoms with van der Waals surface area (Å²) in [5.74, 6) is -0.482. The lowest BCUT2D eigenvalue weighted by Crippen LogP contribution is -2.42. The van der Waals surface area contributed by atoms with Gasteiger partial charge in [0.2, 0.25) is 0 Å². The third kappa shape index (κ3) is 2.53. The number of carbonyl (C=O) groups is 1. The fourth-order valence-corrected chi connectivity index (χ4v) is 1.80. The van der Waals surface area contributed by atoms with E-state index in [1.165, 1.54) is 4.68 Å². The molecule has 4 N–H and O–H groups in total. The second-order valence-electron chi connectivity index (χ2n) is 4.12. The van der Waals surface area contributed by atoms with Crippen LogP contribution >= 0.6 is 0 Å². The van der Waals surface area contributed by atoms with Crippen molar-refractivity contribution in [2.45, 2.75) is 12.6 Å². The molecule has 1 saturated heterocycles. The van der Waals surface area contributed by atoms with Crippen LogP contribution in [0.5, 0.6) is 0 Å². The zero-order chi connectivity index (χ0) is 12.4. The van der Waals surface area contributed by atoms with E-state index in [0.717, 1.165) is 13.1 Å². The average molecular weight is 240 g/mol. The van der Waals surface area contributed by atoms with Gasteiger partial charge in [0, 0.05) is 13.1 Å². The van der Waals surface area contributed by atoms with Crippen molar-refractivity contribution in [3.05, 3.63) is 5.69 Å². The summed E-state index contributed by atoms with van der Waals surface area (Å²) < 4.78 is 7.02. The fraction of sp³-hybridized carbons (Fsp3) is 0.667. The lowest BCUT2D eigenvalue weighted by atomic mass is 10.3. The second kappa shape index (κ2) is 4.68. The Morgan fingerprint density at radius 3 is 3.00 bits per heavy atom. The second-order valence-corrected chi connectivity index (χ2v) is 4.12. The molecule has 0 unspecified atom stereocenters. The molecule has 0 radical (unpaired) electrons. The molecular formula is C9H16N6O2. The van der Waals surface area contributed by atoms with Crippen LogP contribution in [-0.4, -0.2) is 58.6 Å². The molecule has 0 bridgehead atoms. The van der Waals surface area contributed by atoms with Crippen molar-refractivity contribution in [3.63, 3.8) is 0 Å². The van der Waals surface area contributed by atoms with Crippen LogP contribution < -0.4 is 11.5 Å². The van der Waals surface area contributed by atoms with E-state index >= 15 is 0 Å². The number of morpholine rings is 1. The number of carbonyl (C=O) groups excluding carboxylic acids is 1. The van der Waals surface area contributed by atoms with Crippen LogP contribution in [-0.2, 0) is 11.3 Å². The van der Waals surface area contributed by atoms with E-state index in [2.05, 4.69) is 15.2 Å². The van der Waals surface area contributed by atoms with Crippen LogP contribution in [0.15, 0.2) is 0 Å². The predicted molar refractivity (Wildman–Crippen MR) is 60.2 cm³/mol. The van der Waals surface area contributed by atoms with Crippen LogP contribution in [0.2, 0.25) is 0 Å². The van der Waals surface area contributed by atoms with Crippen molar-refractivity contribution in [3.8, 4) is 0 Å². The van der Waals surface area contributed by atoms with Crippen molar-refractivity contribution in [2.75, 3.05) is 32.5 Å². The molecule has 0 aliphatic carbocycles. The Bertz CT molecular complexity index is 418. The molecule has 2 rings (SSSR count). The number of likely N-dealkylation sites (N-methyl/N-ethyl adjacent to an activating group) is 1. The first kappa shape index (κ1) is 11.8. The summed E-state index contributed by atoms with van der Waals surface area (Å²) in [4.78, 5) is 13.1. The highest BCUT2D eigenvalue weighted by molar-refractivity contribution is 5.94. The number of aromatic nitrogens is 3. The van der Waals surface area contributed by atoms with Gasteiger partial charge in [-0.1, -0.05) is 5.21 Å². The SMILES string of the molecule is CN1CCO[C@@H](Cn2nnc(C(N)=O)c2N)C1. The number of rotatable bonds is 3. The van der Waals surface area contributed by atoms with Crippen LogP contribution in [0.4, 0.5) is 5.82 Å². The normalized spacial score (nSPS) is 21.6. The van der Waals surface area contributed by atoms with Gasteiger partial charge in [-0.15, -0.1) is 5.10 Å². The van der Waals surface area contributed by atoms with Gasteiger partial charge in [-0.2, -0.15) is 0 Å². The smallest absolute Gasteiger partial charge is 0.273 e. The van der Waals surface area contributed by atoms with Crippen LogP contribution in [0, 0.1) is 0 Å². The van der Waals surface area contributed by atoms with E-state index in [1.807, 2.05) is 7.05 Å². The van der Waals surface area contributed by atoms with E-state index in [9.17, 15) is 4.79 Å². The Kier molecular flexibility index (Phi) is 3.25. The molecule has 8 heteroatoms. The maximum Gasteiger partial charge on any atom is 0.273 e. The minimum absolute atomic E-state index is 0.00141. The van der Waals surface area contributed by atoms with Gasteiger partial charge in [0.15, 0.2) is 11.5 Å². The highest BCUT2D eigenvalue weighted by Crippen LogP contribution is 2.11. The molecule has 17 heavy (non-hydrogen) atoms. The molecule has 2 heterocycles. The minimum Gasteiger partial charge on any atom is -0.382 e. The van der Waals surface area contributed by atoms with E-state index in [4.69, 9.17) is 16.2 Å². The van der Waals surface area contributed by atoms with Crippen molar-refractivity contribution in [1.29, 1.82) is 0 Å². The van der Waals surface area contributed by atoms with E-state index in [-0.39, 0.29) is 17.6 Å². The van der Waals surface area contributed by atoms with Gasteiger partial charge >= 0.3 is 0 Å². The monoisotopic (exact) mass is 240 g/mol. The molecule has 0 spiro atoms. The zero-order valence-corrected chi connectivity index (χ0v) is 9.67. The minimum atomic E-state index is -0.671. The van der Waals surface area contributed by atoms with Crippen molar-refractivity contribution >= 4 is 11.7 Å². The molecule has 1 fully saturated rings. The Hall–Kier alpha value is -1.67. The maximum absolute atomic E-state index is 11.0. The maximum atomic E-state index is 11.0. The lowest BCUT2D eigenvalue weighted by molar-refractivity contribution is -0.0289. The first-order chi connectivity index (χ1) is 8.08. The number of nitrogens with two attached hydrogens (primary N) is 2. The number of ether oxygens (including phenoxy) is 1. The van der Waals surface area contributed by atoms with Gasteiger partial charge in [0.1, 0.15) is 0 Å². The summed E-state index contributed by atoms with van der Waals surface area (Å²) in [6, 6.07) is 0. The van der Waals surface area contributed by atoms with Gasteiger partial charge in [-0.25, -0.2) is 4.68 Å². The highest BCUT2D eigenvalue weighted by Gasteiger charge is 2.21. The Morgan fingerprint density at radius 2 is 2.41 bits per heavy atom. The van der Waals surface area contributed by atoms with Crippen LogP contribution in [0.25, 0.3) is 0 Å². The Labute approximate surface area is 98.5 Å². The average Bonchev–Trinajstić information content (AvgIpc) is 2.61. The zero-order valence-electron chi connectivity index (χ0n) is 9.67. The number of hydrogen-bond donors (Lipinski definition) is 2. The van der Waals surface area contributed by atoms with Crippen LogP contribution in [0.1, 0.15) is 10.5 Å². The molecule has 1 aliphatic heterocycles. The van der Waals surface area contributed by atoms with Gasteiger partial charge in [0.25, 0.3) is 5.91 Å². The van der Waals surface area contributed by atoms with Crippen molar-refractivity contribution in [2.24, 2.45) is 5.73 Å². The fourth-order valence-electron chi connectivity index (χ4n) is 1.80. The van der Waals surface area contributed by atoms with E-state index in [1.54, 1.807) is 0 Å². The van der Waals surface area contributed by atoms with E-state index in [0.29, 0.717) is 13.2 Å². The number of primary amides is 1. The number of nitrogen functional groups attached to an aromatic ring is 1. The predicted octanol–water partition coefficient (Wildman–Crippen LogP) is -1.71. The number of hydrogen-bond acceptors (Lipinski definition) is 6. The summed E-state index contributed by atoms with van der Waals surface area (Å²) >= 11 is 0. The number of anilines is 1. The standard InChI is InChI=1S/C9H16N6O2/c1-14-2-3-17-6(4-14)5-15-8(10)7(9(11)16)12-13-15/h6H,2-5,10H2,1H3,(H2,11,16)/t6-/m1/s1. The van der Waals surface area contributed by atoms with Gasteiger partial charge < -0.3 is 21.1 Å². The highest BCUT2D eigenvalue weighted by atomic mass is 16.5. The number of nitrogens with zero attached hydrogens (tertiary/aromatic N) is 4. The van der Waals surface area contributed by atoms with Crippen LogP contribution in [0.3, 0.4) is 0 Å². The summed E-state index contributed by atoms with van der Waals surface area (Å²) in [5, 5.41) is 7.44. The molecule has 94 valence electrons. The van der Waals surface area contributed by atoms with Gasteiger partial charge in [-0.3, -0.25) is 4.79 Å². The summed E-state index contributed by atoms with van der Waals surface area (Å²) in [6.45, 7) is 2.86. The summed E-state index contributed by atoms with van der Waals surface area (Å²) in [5.41, 5.74) is 10.8. The third-order valence-electron chi connectivity index (χ3n) is 2.73. The summed E-state index contributed by atoms with van der Waals surface area (Å²) in [7, 11) is 2.02. The molecule has 0 saturated carbocycles. The molecule has 1 atom stereocenters. The lowest BCUT2D eigenvalue weighted by Gasteiger charge is -2.29. The molecule has 1 amide bonds. The molecular weight excluding hydrogens is 224 g/mol. The Morgan fingerprint density at radius 1 is 1.65 bits per heavy atom. The van der Waals surface area contributed by atoms with E-state index < -0.39 is 5.91 Å². The van der Waals surface area contributed by atoms with Gasteiger partial charge in [-0.05, 0) is 7.05 Å². The molecule has 1 aromatic heterocycles. The first-order valence-electron chi connectivity index (χ1n) is 5.37. The molecule has 8 nitrogen and oxygen atoms in total. The summed E-state index contributed by atoms with van der Waals surface area (Å²) in [6.07, 6.45) is -0.00141. The molecule has 0 aromatic carbocycles. The molecule has 1 aromatic rings. The number of amides is 1. The quantitative estimate of drug-likeness (QED) is 0.650.